The molecule has 1 aromatic rings. The van der Waals surface area contributed by atoms with E-state index in [-0.39, 0.29) is 6.04 Å². The van der Waals surface area contributed by atoms with Gasteiger partial charge in [-0.25, -0.2) is 0 Å². The zero-order valence-corrected chi connectivity index (χ0v) is 12.1. The predicted molar refractivity (Wildman–Crippen MR) is 79.4 cm³/mol. The van der Waals surface area contributed by atoms with Crippen molar-refractivity contribution in [2.24, 2.45) is 0 Å². The zero-order valence-electron chi connectivity index (χ0n) is 12.1. The molecule has 19 heavy (non-hydrogen) atoms. The molecule has 0 aliphatic carbocycles. The van der Waals surface area contributed by atoms with Crippen LogP contribution in [0.2, 0.25) is 0 Å². The van der Waals surface area contributed by atoms with E-state index in [0.29, 0.717) is 12.5 Å². The summed E-state index contributed by atoms with van der Waals surface area (Å²) in [4.78, 5) is 2.43. The Balaban J connectivity index is 2.22. The number of hydrogen-bond donors (Lipinski definition) is 1. The molecule has 3 heteroatoms. The maximum Gasteiger partial charge on any atom is 0.0638 e. The topological polar surface area (TPSA) is 39.1 Å². The van der Waals surface area contributed by atoms with Gasteiger partial charge in [-0.2, -0.15) is 5.26 Å². The van der Waals surface area contributed by atoms with Gasteiger partial charge in [-0.3, -0.25) is 0 Å². The van der Waals surface area contributed by atoms with Gasteiger partial charge in [0.25, 0.3) is 0 Å². The minimum Gasteiger partial charge on any atom is -0.370 e. The highest BCUT2D eigenvalue weighted by molar-refractivity contribution is 5.55. The molecule has 102 valence electrons. The lowest BCUT2D eigenvalue weighted by molar-refractivity contribution is 0.473. The van der Waals surface area contributed by atoms with Gasteiger partial charge in [-0.15, -0.1) is 0 Å². The fourth-order valence-corrected chi connectivity index (χ4v) is 2.76. The summed E-state index contributed by atoms with van der Waals surface area (Å²) >= 11 is 0. The van der Waals surface area contributed by atoms with Crippen molar-refractivity contribution in [2.45, 2.75) is 45.7 Å². The lowest BCUT2D eigenvalue weighted by Crippen LogP contribution is -2.40. The van der Waals surface area contributed by atoms with Gasteiger partial charge in [0.1, 0.15) is 0 Å². The number of anilines is 1. The quantitative estimate of drug-likeness (QED) is 0.885. The van der Waals surface area contributed by atoms with E-state index in [1.807, 2.05) is 0 Å². The van der Waals surface area contributed by atoms with Crippen molar-refractivity contribution in [3.05, 3.63) is 29.3 Å². The zero-order chi connectivity index (χ0) is 13.8. The summed E-state index contributed by atoms with van der Waals surface area (Å²) in [5, 5.41) is 12.5. The van der Waals surface area contributed by atoms with Crippen molar-refractivity contribution in [2.75, 3.05) is 18.0 Å². The fraction of sp³-hybridized carbons (Fsp3) is 0.562. The second-order valence-electron chi connectivity index (χ2n) is 5.65. The van der Waals surface area contributed by atoms with Crippen LogP contribution in [0.15, 0.2) is 18.2 Å². The second-order valence-corrected chi connectivity index (χ2v) is 5.65. The molecule has 1 saturated heterocycles. The minimum absolute atomic E-state index is 0.266. The Bertz CT molecular complexity index is 475. The molecular weight excluding hydrogens is 234 g/mol. The van der Waals surface area contributed by atoms with Crippen LogP contribution < -0.4 is 10.2 Å². The monoisotopic (exact) mass is 257 g/mol. The maximum absolute atomic E-state index is 8.94. The Morgan fingerprint density at radius 3 is 2.95 bits per heavy atom. The first-order valence-corrected chi connectivity index (χ1v) is 7.05. The van der Waals surface area contributed by atoms with Crippen molar-refractivity contribution >= 4 is 5.69 Å². The summed E-state index contributed by atoms with van der Waals surface area (Å²) in [5.74, 6) is 0. The van der Waals surface area contributed by atoms with Gasteiger partial charge in [0, 0.05) is 30.9 Å². The van der Waals surface area contributed by atoms with Gasteiger partial charge in [0.05, 0.1) is 12.5 Å². The largest absolute Gasteiger partial charge is 0.370 e. The Morgan fingerprint density at radius 1 is 1.42 bits per heavy atom. The van der Waals surface area contributed by atoms with Crippen LogP contribution in [-0.4, -0.2) is 25.2 Å². The molecule has 0 radical (unpaired) electrons. The maximum atomic E-state index is 8.94. The normalized spacial score (nSPS) is 23.8. The third kappa shape index (κ3) is 3.48. The van der Waals surface area contributed by atoms with Gasteiger partial charge in [-0.05, 0) is 44.4 Å². The van der Waals surface area contributed by atoms with E-state index in [4.69, 9.17) is 5.26 Å². The average Bonchev–Trinajstić information content (AvgIpc) is 2.55. The highest BCUT2D eigenvalue weighted by Crippen LogP contribution is 2.24. The fourth-order valence-electron chi connectivity index (χ4n) is 2.76. The molecule has 0 saturated carbocycles. The summed E-state index contributed by atoms with van der Waals surface area (Å²) in [6.45, 7) is 8.48. The van der Waals surface area contributed by atoms with E-state index >= 15 is 0 Å². The van der Waals surface area contributed by atoms with E-state index in [0.717, 1.165) is 19.5 Å². The molecule has 0 amide bonds. The van der Waals surface area contributed by atoms with Crippen molar-refractivity contribution < 1.29 is 0 Å². The molecule has 0 aromatic heterocycles. The Hall–Kier alpha value is -1.53. The Labute approximate surface area is 116 Å². The smallest absolute Gasteiger partial charge is 0.0638 e. The van der Waals surface area contributed by atoms with E-state index in [2.05, 4.69) is 55.3 Å². The Kier molecular flexibility index (Phi) is 4.44. The predicted octanol–water partition coefficient (Wildman–Crippen LogP) is 2.77. The number of nitriles is 1. The van der Waals surface area contributed by atoms with Crippen LogP contribution in [0.3, 0.4) is 0 Å². The molecule has 1 aliphatic heterocycles. The van der Waals surface area contributed by atoms with Crippen LogP contribution >= 0.6 is 0 Å². The average molecular weight is 257 g/mol. The van der Waals surface area contributed by atoms with Crippen molar-refractivity contribution in [3.8, 4) is 6.07 Å². The van der Waals surface area contributed by atoms with E-state index in [1.165, 1.54) is 16.8 Å². The highest BCUT2D eigenvalue weighted by Gasteiger charge is 2.22. The molecule has 3 nitrogen and oxygen atoms in total. The molecule has 2 rings (SSSR count). The van der Waals surface area contributed by atoms with E-state index in [9.17, 15) is 0 Å². The number of aryl methyl sites for hydroxylation is 2. The minimum atomic E-state index is 0.266. The van der Waals surface area contributed by atoms with Crippen LogP contribution in [0.4, 0.5) is 5.69 Å². The molecule has 1 aliphatic rings. The van der Waals surface area contributed by atoms with Crippen molar-refractivity contribution in [3.63, 3.8) is 0 Å². The molecule has 0 bridgehead atoms. The van der Waals surface area contributed by atoms with Crippen LogP contribution in [0.5, 0.6) is 0 Å². The van der Waals surface area contributed by atoms with E-state index < -0.39 is 0 Å². The Morgan fingerprint density at radius 2 is 2.21 bits per heavy atom. The van der Waals surface area contributed by atoms with Crippen LogP contribution in [0.25, 0.3) is 0 Å². The number of rotatable bonds is 2. The first kappa shape index (κ1) is 13.9. The first-order valence-electron chi connectivity index (χ1n) is 7.05. The lowest BCUT2D eigenvalue weighted by atomic mass is 10.1. The summed E-state index contributed by atoms with van der Waals surface area (Å²) in [6, 6.07) is 9.64. The third-order valence-corrected chi connectivity index (χ3v) is 3.84. The molecule has 1 fully saturated rings. The van der Waals surface area contributed by atoms with Crippen LogP contribution in [0.1, 0.15) is 30.9 Å². The van der Waals surface area contributed by atoms with Gasteiger partial charge in [0.2, 0.25) is 0 Å². The summed E-state index contributed by atoms with van der Waals surface area (Å²) in [6.07, 6.45) is 1.70. The van der Waals surface area contributed by atoms with Crippen LogP contribution in [-0.2, 0) is 0 Å². The number of hydrogen-bond acceptors (Lipinski definition) is 3. The van der Waals surface area contributed by atoms with Gasteiger partial charge in [0.15, 0.2) is 0 Å². The molecule has 2 unspecified atom stereocenters. The van der Waals surface area contributed by atoms with Gasteiger partial charge >= 0.3 is 0 Å². The highest BCUT2D eigenvalue weighted by atomic mass is 15.2. The van der Waals surface area contributed by atoms with Crippen LogP contribution in [0, 0.1) is 25.2 Å². The molecule has 1 heterocycles. The van der Waals surface area contributed by atoms with Gasteiger partial charge in [-0.1, -0.05) is 12.1 Å². The number of nitrogens with zero attached hydrogens (tertiary/aromatic N) is 2. The van der Waals surface area contributed by atoms with E-state index in [1.54, 1.807) is 0 Å². The third-order valence-electron chi connectivity index (χ3n) is 3.84. The summed E-state index contributed by atoms with van der Waals surface area (Å²) in [7, 11) is 0. The summed E-state index contributed by atoms with van der Waals surface area (Å²) in [5.41, 5.74) is 3.93. The SMILES string of the molecule is Cc1ccc(C)c(N2CCC(C)NC(CC#N)C2)c1. The first-order chi connectivity index (χ1) is 9.10. The van der Waals surface area contributed by atoms with Crippen molar-refractivity contribution in [1.82, 2.24) is 5.32 Å². The molecule has 1 aromatic carbocycles. The van der Waals surface area contributed by atoms with Gasteiger partial charge < -0.3 is 10.2 Å². The lowest BCUT2D eigenvalue weighted by Gasteiger charge is -2.27. The molecule has 2 atom stereocenters. The molecule has 0 spiro atoms. The summed E-state index contributed by atoms with van der Waals surface area (Å²) < 4.78 is 0. The molecular formula is C16H23N3. The second kappa shape index (κ2) is 6.08. The number of nitrogens with one attached hydrogen (secondary N) is 1. The molecule has 1 N–H and O–H groups in total. The standard InChI is InChI=1S/C16H23N3/c1-12-4-5-13(2)16(10-12)19-9-7-14(3)18-15(11-19)6-8-17/h4-5,10,14-15,18H,6-7,9,11H2,1-3H3. The van der Waals surface area contributed by atoms with Crippen molar-refractivity contribution in [1.29, 1.82) is 5.26 Å². The number of benzene rings is 1.